The lowest BCUT2D eigenvalue weighted by molar-refractivity contribution is 0.0513. The molecule has 16 heavy (non-hydrogen) atoms. The van der Waals surface area contributed by atoms with Gasteiger partial charge in [0.05, 0.1) is 6.10 Å². The molecule has 0 amide bonds. The highest BCUT2D eigenvalue weighted by molar-refractivity contribution is 9.10. The maximum absolute atomic E-state index is 13.9. The summed E-state index contributed by atoms with van der Waals surface area (Å²) in [6.07, 6.45) is 4.59. The lowest BCUT2D eigenvalue weighted by Gasteiger charge is -2.31. The summed E-state index contributed by atoms with van der Waals surface area (Å²) in [7, 11) is 1.72. The first-order valence-electron chi connectivity index (χ1n) is 5.70. The molecular formula is C13H16BrFO. The zero-order chi connectivity index (χ0) is 11.5. The third kappa shape index (κ3) is 2.46. The summed E-state index contributed by atoms with van der Waals surface area (Å²) in [5.74, 6) is 0.0928. The lowest BCUT2D eigenvalue weighted by atomic mass is 9.81. The van der Waals surface area contributed by atoms with Crippen LogP contribution in [0, 0.1) is 5.82 Å². The van der Waals surface area contributed by atoms with Gasteiger partial charge in [0.25, 0.3) is 0 Å². The molecule has 1 aromatic carbocycles. The van der Waals surface area contributed by atoms with E-state index in [9.17, 15) is 4.39 Å². The molecule has 0 aromatic heterocycles. The number of halogens is 2. The fourth-order valence-electron chi connectivity index (χ4n) is 2.54. The second-order valence-electron chi connectivity index (χ2n) is 4.33. The zero-order valence-corrected chi connectivity index (χ0v) is 11.0. The second kappa shape index (κ2) is 5.28. The third-order valence-corrected chi connectivity index (χ3v) is 3.86. The Labute approximate surface area is 104 Å². The van der Waals surface area contributed by atoms with Crippen LogP contribution >= 0.6 is 15.9 Å². The SMILES string of the molecule is CO[C@H]1CCCCC1c1ccc(Br)cc1F. The molecule has 0 aliphatic heterocycles. The smallest absolute Gasteiger partial charge is 0.127 e. The minimum Gasteiger partial charge on any atom is -0.381 e. The van der Waals surface area contributed by atoms with Gasteiger partial charge in [-0.3, -0.25) is 0 Å². The number of ether oxygens (including phenoxy) is 1. The Morgan fingerprint density at radius 1 is 1.31 bits per heavy atom. The molecule has 2 atom stereocenters. The van der Waals surface area contributed by atoms with E-state index in [0.29, 0.717) is 0 Å². The van der Waals surface area contributed by atoms with Gasteiger partial charge in [0.15, 0.2) is 0 Å². The van der Waals surface area contributed by atoms with Crippen LogP contribution in [0.15, 0.2) is 22.7 Å². The highest BCUT2D eigenvalue weighted by Crippen LogP contribution is 2.36. The average Bonchev–Trinajstić information content (AvgIpc) is 2.29. The summed E-state index contributed by atoms with van der Waals surface area (Å²) >= 11 is 3.28. The van der Waals surface area contributed by atoms with Gasteiger partial charge in [-0.15, -0.1) is 0 Å². The van der Waals surface area contributed by atoms with Crippen molar-refractivity contribution >= 4 is 15.9 Å². The molecule has 0 saturated heterocycles. The van der Waals surface area contributed by atoms with E-state index >= 15 is 0 Å². The zero-order valence-electron chi connectivity index (χ0n) is 9.38. The number of methoxy groups -OCH3 is 1. The lowest BCUT2D eigenvalue weighted by Crippen LogP contribution is -2.25. The van der Waals surface area contributed by atoms with Gasteiger partial charge >= 0.3 is 0 Å². The maximum Gasteiger partial charge on any atom is 0.127 e. The van der Waals surface area contributed by atoms with Crippen LogP contribution in [0.1, 0.15) is 37.2 Å². The van der Waals surface area contributed by atoms with Crippen molar-refractivity contribution in [2.45, 2.75) is 37.7 Å². The summed E-state index contributed by atoms with van der Waals surface area (Å²) in [5, 5.41) is 0. The molecule has 0 radical (unpaired) electrons. The quantitative estimate of drug-likeness (QED) is 0.789. The van der Waals surface area contributed by atoms with Gasteiger partial charge < -0.3 is 4.74 Å². The fraction of sp³-hybridized carbons (Fsp3) is 0.538. The Hall–Kier alpha value is -0.410. The Kier molecular flexibility index (Phi) is 3.98. The fourth-order valence-corrected chi connectivity index (χ4v) is 2.87. The number of hydrogen-bond acceptors (Lipinski definition) is 1. The molecule has 1 fully saturated rings. The predicted octanol–water partition coefficient (Wildman–Crippen LogP) is 4.26. The molecule has 1 saturated carbocycles. The minimum absolute atomic E-state index is 0.122. The number of benzene rings is 1. The van der Waals surface area contributed by atoms with Gasteiger partial charge in [0, 0.05) is 17.5 Å². The van der Waals surface area contributed by atoms with Crippen molar-refractivity contribution in [1.29, 1.82) is 0 Å². The predicted molar refractivity (Wildman–Crippen MR) is 66.1 cm³/mol. The summed E-state index contributed by atoms with van der Waals surface area (Å²) in [6.45, 7) is 0. The van der Waals surface area contributed by atoms with E-state index in [2.05, 4.69) is 15.9 Å². The summed E-state index contributed by atoms with van der Waals surface area (Å²) < 4.78 is 20.1. The molecule has 0 heterocycles. The van der Waals surface area contributed by atoms with Crippen molar-refractivity contribution in [2.75, 3.05) is 7.11 Å². The van der Waals surface area contributed by atoms with Gasteiger partial charge in [0.2, 0.25) is 0 Å². The first kappa shape index (κ1) is 12.1. The van der Waals surface area contributed by atoms with E-state index in [4.69, 9.17) is 4.74 Å². The first-order valence-corrected chi connectivity index (χ1v) is 6.49. The second-order valence-corrected chi connectivity index (χ2v) is 5.25. The molecule has 88 valence electrons. The third-order valence-electron chi connectivity index (χ3n) is 3.37. The molecule has 0 N–H and O–H groups in total. The molecule has 1 aromatic rings. The Morgan fingerprint density at radius 3 is 2.75 bits per heavy atom. The highest BCUT2D eigenvalue weighted by Gasteiger charge is 2.28. The van der Waals surface area contributed by atoms with Crippen molar-refractivity contribution in [3.05, 3.63) is 34.1 Å². The van der Waals surface area contributed by atoms with Crippen molar-refractivity contribution in [3.8, 4) is 0 Å². The van der Waals surface area contributed by atoms with E-state index in [1.807, 2.05) is 12.1 Å². The Balaban J connectivity index is 2.27. The van der Waals surface area contributed by atoms with Crippen LogP contribution in [0.25, 0.3) is 0 Å². The van der Waals surface area contributed by atoms with Crippen LogP contribution in [0.4, 0.5) is 4.39 Å². The van der Waals surface area contributed by atoms with Gasteiger partial charge in [-0.1, -0.05) is 34.8 Å². The number of rotatable bonds is 2. The number of hydrogen-bond donors (Lipinski definition) is 0. The highest BCUT2D eigenvalue weighted by atomic mass is 79.9. The van der Waals surface area contributed by atoms with Crippen LogP contribution in [0.5, 0.6) is 0 Å². The van der Waals surface area contributed by atoms with Gasteiger partial charge in [-0.2, -0.15) is 0 Å². The van der Waals surface area contributed by atoms with Gasteiger partial charge in [0.1, 0.15) is 5.82 Å². The molecule has 1 aliphatic rings. The molecule has 1 nitrogen and oxygen atoms in total. The molecule has 1 unspecified atom stereocenters. The normalized spacial score (nSPS) is 25.7. The Bertz CT molecular complexity index is 367. The van der Waals surface area contributed by atoms with E-state index < -0.39 is 0 Å². The minimum atomic E-state index is -0.122. The molecule has 2 rings (SSSR count). The van der Waals surface area contributed by atoms with Crippen LogP contribution < -0.4 is 0 Å². The van der Waals surface area contributed by atoms with Crippen molar-refractivity contribution < 1.29 is 9.13 Å². The van der Waals surface area contributed by atoms with Crippen LogP contribution in [-0.2, 0) is 4.74 Å². The topological polar surface area (TPSA) is 9.23 Å². The summed E-state index contributed by atoms with van der Waals surface area (Å²) in [6, 6.07) is 5.32. The van der Waals surface area contributed by atoms with E-state index in [-0.39, 0.29) is 17.8 Å². The largest absolute Gasteiger partial charge is 0.381 e. The molecule has 0 spiro atoms. The average molecular weight is 287 g/mol. The molecule has 0 bridgehead atoms. The maximum atomic E-state index is 13.9. The standard InChI is InChI=1S/C13H16BrFO/c1-16-13-5-3-2-4-11(13)10-7-6-9(14)8-12(10)15/h6-8,11,13H,2-5H2,1H3/t11?,13-/m0/s1. The summed E-state index contributed by atoms with van der Waals surface area (Å²) in [5.41, 5.74) is 0.801. The van der Waals surface area contributed by atoms with E-state index in [1.54, 1.807) is 7.11 Å². The first-order chi connectivity index (χ1) is 7.72. The van der Waals surface area contributed by atoms with Crippen molar-refractivity contribution in [1.82, 2.24) is 0 Å². The molecule has 3 heteroatoms. The summed E-state index contributed by atoms with van der Waals surface area (Å²) in [4.78, 5) is 0. The van der Waals surface area contributed by atoms with Crippen LogP contribution in [0.3, 0.4) is 0 Å². The van der Waals surface area contributed by atoms with Crippen molar-refractivity contribution in [2.24, 2.45) is 0 Å². The van der Waals surface area contributed by atoms with E-state index in [1.165, 1.54) is 18.9 Å². The van der Waals surface area contributed by atoms with Crippen LogP contribution in [-0.4, -0.2) is 13.2 Å². The Morgan fingerprint density at radius 2 is 2.06 bits per heavy atom. The van der Waals surface area contributed by atoms with Crippen LogP contribution in [0.2, 0.25) is 0 Å². The molecular weight excluding hydrogens is 271 g/mol. The van der Waals surface area contributed by atoms with Crippen molar-refractivity contribution in [3.63, 3.8) is 0 Å². The monoisotopic (exact) mass is 286 g/mol. The molecule has 1 aliphatic carbocycles. The van der Waals surface area contributed by atoms with E-state index in [0.717, 1.165) is 22.9 Å². The van der Waals surface area contributed by atoms with Gasteiger partial charge in [-0.25, -0.2) is 4.39 Å². The van der Waals surface area contributed by atoms with Gasteiger partial charge in [-0.05, 0) is 30.5 Å².